The van der Waals surface area contributed by atoms with Crippen LogP contribution in [0.15, 0.2) is 53.1 Å². The molecule has 4 fully saturated rings. The number of benzene rings is 1. The lowest BCUT2D eigenvalue weighted by Crippen LogP contribution is -2.83. The zero-order chi connectivity index (χ0) is 45.2. The topological polar surface area (TPSA) is 229 Å². The molecular weight excluding hydrogens is 798 g/mol. The van der Waals surface area contributed by atoms with Gasteiger partial charge >= 0.3 is 30.2 Å². The van der Waals surface area contributed by atoms with Gasteiger partial charge in [0.2, 0.25) is 5.60 Å². The summed E-state index contributed by atoms with van der Waals surface area (Å²) in [6, 6.07) is 6.97. The van der Waals surface area contributed by atoms with Crippen molar-refractivity contribution in [2.45, 2.75) is 155 Å². The number of alkyl carbamates (subject to hydrolysis) is 1. The van der Waals surface area contributed by atoms with Crippen molar-refractivity contribution in [1.29, 1.82) is 0 Å². The van der Waals surface area contributed by atoms with Gasteiger partial charge in [-0.1, -0.05) is 50.6 Å². The zero-order valence-electron chi connectivity index (χ0n) is 36.4. The van der Waals surface area contributed by atoms with Crippen molar-refractivity contribution < 1.29 is 76.9 Å². The first kappa shape index (κ1) is 45.5. The molecule has 1 amide bonds. The number of allylic oxidation sites excluding steroid dienone is 1. The van der Waals surface area contributed by atoms with Crippen LogP contribution in [0.25, 0.3) is 0 Å². The third-order valence-electron chi connectivity index (χ3n) is 12.7. The van der Waals surface area contributed by atoms with Crippen molar-refractivity contribution in [3.8, 4) is 5.75 Å². The summed E-state index contributed by atoms with van der Waals surface area (Å²) in [6.07, 6.45) is -12.3. The van der Waals surface area contributed by atoms with Crippen LogP contribution in [-0.4, -0.2) is 118 Å². The third kappa shape index (κ3) is 7.56. The molecule has 2 saturated carbocycles. The molecule has 5 aliphatic rings. The highest BCUT2D eigenvalue weighted by atomic mass is 16.8. The molecule has 2 saturated heterocycles. The van der Waals surface area contributed by atoms with E-state index in [9.17, 15) is 34.2 Å². The minimum Gasteiger partial charge on any atom is -0.486 e. The second-order valence-corrected chi connectivity index (χ2v) is 18.4. The molecule has 2 bridgehead atoms. The van der Waals surface area contributed by atoms with E-state index in [2.05, 4.69) is 5.32 Å². The van der Waals surface area contributed by atoms with E-state index in [1.165, 1.54) is 33.8 Å². The minimum atomic E-state index is -2.16. The standard InChI is InChI=1S/C44H57NO16/c1-12-28(48)56-32-29-22(4)31(57-37(51)30(49)25(18-21(2)3)45-38(52)60-40(6,7)8)35-44(41(29,9)10,61-39(53)58-35)36(55-24-16-14-13-15-17-24)33-42(11,34(32)50)26(47)19-27-43(33,20-54-27)59-23(5)46/h13-18,25-27,30-33,35-36,47,49H,12,19-20H2,1-11H3,(H,45,52)/t25-,26-,27?,30+,31+,32+,33?,35-,36-,42+,43-,44+/m0/s1. The number of hydrogen-bond donors (Lipinski definition) is 3. The Kier molecular flexibility index (Phi) is 12.0. The Labute approximate surface area is 354 Å². The summed E-state index contributed by atoms with van der Waals surface area (Å²) in [5, 5.41) is 26.3. The van der Waals surface area contributed by atoms with Gasteiger partial charge in [0, 0.05) is 25.2 Å². The van der Waals surface area contributed by atoms with Gasteiger partial charge in [0.15, 0.2) is 41.9 Å². The Bertz CT molecular complexity index is 2020. The number of nitrogens with one attached hydrogen (secondary N) is 1. The van der Waals surface area contributed by atoms with E-state index in [4.69, 9.17) is 37.9 Å². The lowest BCUT2D eigenvalue weighted by Gasteiger charge is -2.67. The number of amides is 1. The zero-order valence-corrected chi connectivity index (χ0v) is 36.4. The number of Topliss-reactive ketones (excluding diaryl/α,β-unsaturated/α-hetero) is 1. The van der Waals surface area contributed by atoms with Crippen molar-refractivity contribution in [1.82, 2.24) is 5.32 Å². The molecule has 1 aromatic rings. The molecule has 0 radical (unpaired) electrons. The highest BCUT2D eigenvalue weighted by molar-refractivity contribution is 5.95. The number of fused-ring (bicyclic) bond motifs is 4. The van der Waals surface area contributed by atoms with E-state index in [-0.39, 0.29) is 36.3 Å². The maximum absolute atomic E-state index is 15.7. The van der Waals surface area contributed by atoms with Crippen molar-refractivity contribution in [2.24, 2.45) is 16.7 Å². The molecule has 2 heterocycles. The van der Waals surface area contributed by atoms with Gasteiger partial charge < -0.3 is 53.4 Å². The number of carbonyl (C=O) groups excluding carboxylic acids is 6. The quantitative estimate of drug-likeness (QED) is 0.170. The monoisotopic (exact) mass is 855 g/mol. The Morgan fingerprint density at radius 1 is 1.03 bits per heavy atom. The summed E-state index contributed by atoms with van der Waals surface area (Å²) in [6.45, 7) is 17.0. The SMILES string of the molecule is CCC(=O)O[C@H]1C(=O)[C@@]2(C)C([C@H](Oc3ccccc3)[C@]34OC(=O)O[C@H]3[C@H](OC(=O)[C@H](O)[C@H](C=C(C)C)NC(=O)OC(C)(C)C)C(C)=C1C4(C)C)[C@]1(OC(C)=O)COC1C[C@@H]2O. The normalized spacial score (nSPS) is 34.4. The summed E-state index contributed by atoms with van der Waals surface area (Å²) in [5.41, 5.74) is -7.60. The number of aliphatic hydroxyl groups excluding tert-OH is 2. The fourth-order valence-electron chi connectivity index (χ4n) is 10.1. The van der Waals surface area contributed by atoms with Gasteiger partial charge in [-0.3, -0.25) is 14.4 Å². The summed E-state index contributed by atoms with van der Waals surface area (Å²) >= 11 is 0. The first-order chi connectivity index (χ1) is 28.3. The number of esters is 3. The van der Waals surface area contributed by atoms with E-state index < -0.39 is 118 Å². The van der Waals surface area contributed by atoms with Crippen LogP contribution in [0.3, 0.4) is 0 Å². The van der Waals surface area contributed by atoms with Gasteiger partial charge in [-0.25, -0.2) is 14.4 Å². The maximum Gasteiger partial charge on any atom is 0.509 e. The first-order valence-corrected chi connectivity index (χ1v) is 20.4. The van der Waals surface area contributed by atoms with E-state index >= 15 is 4.79 Å². The van der Waals surface area contributed by atoms with Crippen LogP contribution < -0.4 is 10.1 Å². The van der Waals surface area contributed by atoms with Gasteiger partial charge in [-0.15, -0.1) is 0 Å². The lowest BCUT2D eigenvalue weighted by atomic mass is 9.44. The molecule has 12 atom stereocenters. The Morgan fingerprint density at radius 2 is 1.69 bits per heavy atom. The number of ketones is 1. The smallest absolute Gasteiger partial charge is 0.486 e. The van der Waals surface area contributed by atoms with Gasteiger partial charge in [0.25, 0.3) is 0 Å². The van der Waals surface area contributed by atoms with Crippen LogP contribution in [0.1, 0.15) is 89.0 Å². The molecule has 2 unspecified atom stereocenters. The van der Waals surface area contributed by atoms with Crippen LogP contribution in [0.4, 0.5) is 9.59 Å². The van der Waals surface area contributed by atoms with Crippen LogP contribution in [0.5, 0.6) is 5.75 Å². The van der Waals surface area contributed by atoms with Crippen molar-refractivity contribution in [2.75, 3.05) is 6.61 Å². The summed E-state index contributed by atoms with van der Waals surface area (Å²) < 4.78 is 49.1. The number of hydrogen-bond acceptors (Lipinski definition) is 16. The minimum absolute atomic E-state index is 0.0518. The van der Waals surface area contributed by atoms with E-state index in [1.54, 1.807) is 78.8 Å². The Balaban J connectivity index is 1.62. The highest BCUT2D eigenvalue weighted by Crippen LogP contribution is 2.66. The van der Waals surface area contributed by atoms with Crippen LogP contribution >= 0.6 is 0 Å². The van der Waals surface area contributed by atoms with E-state index in [1.807, 2.05) is 0 Å². The summed E-state index contributed by atoms with van der Waals surface area (Å²) in [7, 11) is 0. The number of carbonyl (C=O) groups is 6. The van der Waals surface area contributed by atoms with Crippen molar-refractivity contribution >= 4 is 35.9 Å². The van der Waals surface area contributed by atoms with Crippen molar-refractivity contribution in [3.63, 3.8) is 0 Å². The molecule has 0 aromatic heterocycles. The first-order valence-electron chi connectivity index (χ1n) is 20.4. The van der Waals surface area contributed by atoms with Gasteiger partial charge in [-0.05, 0) is 71.7 Å². The van der Waals surface area contributed by atoms with Gasteiger partial charge in [0.05, 0.1) is 30.1 Å². The predicted molar refractivity (Wildman–Crippen MR) is 212 cm³/mol. The third-order valence-corrected chi connectivity index (χ3v) is 12.7. The summed E-state index contributed by atoms with van der Waals surface area (Å²) in [5.74, 6) is -4.83. The molecule has 1 spiro atoms. The fourth-order valence-corrected chi connectivity index (χ4v) is 10.1. The average Bonchev–Trinajstić information content (AvgIpc) is 3.52. The van der Waals surface area contributed by atoms with Crippen molar-refractivity contribution in [3.05, 3.63) is 53.1 Å². The highest BCUT2D eigenvalue weighted by Gasteiger charge is 2.83. The molecule has 334 valence electrons. The summed E-state index contributed by atoms with van der Waals surface area (Å²) in [4.78, 5) is 83.3. The van der Waals surface area contributed by atoms with Crippen LogP contribution in [-0.2, 0) is 52.3 Å². The molecule has 1 aromatic carbocycles. The molecule has 3 aliphatic carbocycles. The molecular formula is C44H57NO16. The molecule has 17 nitrogen and oxygen atoms in total. The molecule has 3 N–H and O–H groups in total. The molecule has 6 rings (SSSR count). The number of para-hydroxylation sites is 1. The number of rotatable bonds is 10. The second-order valence-electron chi connectivity index (χ2n) is 18.4. The van der Waals surface area contributed by atoms with Gasteiger partial charge in [0.1, 0.15) is 17.5 Å². The fraction of sp³-hybridized carbons (Fsp3) is 0.636. The van der Waals surface area contributed by atoms with Crippen LogP contribution in [0, 0.1) is 16.7 Å². The number of aliphatic hydroxyl groups is 2. The van der Waals surface area contributed by atoms with E-state index in [0.29, 0.717) is 5.57 Å². The van der Waals surface area contributed by atoms with Crippen LogP contribution in [0.2, 0.25) is 0 Å². The molecule has 2 aliphatic heterocycles. The van der Waals surface area contributed by atoms with Gasteiger partial charge in [-0.2, -0.15) is 0 Å². The lowest BCUT2D eigenvalue weighted by molar-refractivity contribution is -0.343. The second kappa shape index (κ2) is 16.0. The number of ether oxygens (including phenoxy) is 8. The largest absolute Gasteiger partial charge is 0.509 e. The predicted octanol–water partition coefficient (Wildman–Crippen LogP) is 4.19. The Hall–Kier alpha value is -5.00. The average molecular weight is 856 g/mol. The molecule has 61 heavy (non-hydrogen) atoms. The Morgan fingerprint density at radius 3 is 2.25 bits per heavy atom. The maximum atomic E-state index is 15.7. The molecule has 17 heteroatoms. The van der Waals surface area contributed by atoms with E-state index in [0.717, 1.165) is 0 Å².